The molecule has 0 unspecified atom stereocenters. The van der Waals surface area contributed by atoms with Crippen LogP contribution in [-0.4, -0.2) is 162 Å². The molecule has 0 aliphatic carbocycles. The Labute approximate surface area is 421 Å². The van der Waals surface area contributed by atoms with Crippen molar-refractivity contribution in [3.05, 3.63) is 119 Å². The molecule has 0 spiro atoms. The average molecular weight is 1000 g/mol. The van der Waals surface area contributed by atoms with Gasteiger partial charge in [0.25, 0.3) is 11.8 Å². The van der Waals surface area contributed by atoms with E-state index >= 15 is 0 Å². The molecule has 74 heavy (non-hydrogen) atoms. The first-order chi connectivity index (χ1) is 35.9. The number of para-hydroxylation sites is 4. The number of aliphatic hydroxyl groups is 6. The summed E-state index contributed by atoms with van der Waals surface area (Å²) in [6.07, 6.45) is -10.8. The van der Waals surface area contributed by atoms with Crippen LogP contribution in [0.25, 0.3) is 87.2 Å². The number of ether oxygens (including phenoxy) is 4. The van der Waals surface area contributed by atoms with Crippen LogP contribution >= 0.6 is 0 Å². The first-order valence-corrected chi connectivity index (χ1v) is 24.7. The zero-order valence-corrected chi connectivity index (χ0v) is 40.8. The maximum absolute atomic E-state index is 13.6. The van der Waals surface area contributed by atoms with Gasteiger partial charge in [0.1, 0.15) is 48.8 Å². The van der Waals surface area contributed by atoms with Crippen molar-refractivity contribution in [3.63, 3.8) is 0 Å². The number of rotatable bonds is 6. The molecule has 18 nitrogen and oxygen atoms in total. The third-order valence-corrected chi connectivity index (χ3v) is 16.1. The Morgan fingerprint density at radius 2 is 0.919 bits per heavy atom. The van der Waals surface area contributed by atoms with E-state index in [1.54, 1.807) is 23.9 Å². The molecule has 14 rings (SSSR count). The highest BCUT2D eigenvalue weighted by molar-refractivity contribution is 6.32. The number of carbonyl (C=O) groups excluding carboxylic acids is 2. The third kappa shape index (κ3) is 6.35. The fourth-order valence-corrected chi connectivity index (χ4v) is 12.8. The largest absolute Gasteiger partial charge is 0.394 e. The maximum atomic E-state index is 13.6. The van der Waals surface area contributed by atoms with Crippen molar-refractivity contribution in [2.75, 3.05) is 41.5 Å². The van der Waals surface area contributed by atoms with Gasteiger partial charge in [-0.15, -0.1) is 0 Å². The number of carbonyl (C=O) groups is 2. The molecule has 6 aromatic carbocycles. The fraction of sp³-hybridized carbons (Fsp3) is 0.321. The van der Waals surface area contributed by atoms with Crippen LogP contribution in [0.15, 0.2) is 97.1 Å². The Morgan fingerprint density at radius 1 is 0.527 bits per heavy atom. The minimum absolute atomic E-state index is 0.0314. The molecule has 2 amide bonds. The van der Waals surface area contributed by atoms with Crippen molar-refractivity contribution in [2.45, 2.75) is 74.4 Å². The molecular weight excluding hydrogens is 949 g/mol. The number of aliphatic hydroxyl groups excluding tert-OH is 6. The topological polar surface area (TPSA) is 240 Å². The minimum atomic E-state index is -1.35. The lowest BCUT2D eigenvalue weighted by Crippen LogP contribution is -2.57. The molecule has 0 saturated carbocycles. The molecule has 4 aromatic heterocycles. The number of fused-ring (bicyclic) bond motifs is 20. The normalized spacial score (nSPS) is 26.2. The summed E-state index contributed by atoms with van der Waals surface area (Å²) < 4.78 is 27.0. The van der Waals surface area contributed by atoms with Gasteiger partial charge < -0.3 is 78.5 Å². The maximum Gasteiger partial charge on any atom is 0.254 e. The molecule has 8 N–H and O–H groups in total. The lowest BCUT2D eigenvalue weighted by molar-refractivity contribution is -0.255. The molecule has 2 saturated heterocycles. The van der Waals surface area contributed by atoms with Crippen LogP contribution in [0.1, 0.15) is 44.3 Å². The Hall–Kier alpha value is -6.94. The second-order valence-electron chi connectivity index (χ2n) is 20.0. The molecule has 2 fully saturated rings. The highest BCUT2D eigenvalue weighted by Gasteiger charge is 2.49. The second-order valence-corrected chi connectivity index (χ2v) is 20.0. The molecule has 10 aromatic rings. The van der Waals surface area contributed by atoms with Crippen LogP contribution in [0.3, 0.4) is 0 Å². The average Bonchev–Trinajstić information content (AvgIpc) is 4.26. The Morgan fingerprint density at radius 3 is 1.41 bits per heavy atom. The van der Waals surface area contributed by atoms with Gasteiger partial charge >= 0.3 is 0 Å². The predicted octanol–water partition coefficient (Wildman–Crippen LogP) is 5.28. The van der Waals surface area contributed by atoms with E-state index in [4.69, 9.17) is 18.9 Å². The number of aromatic amines is 2. The van der Waals surface area contributed by atoms with E-state index in [-0.39, 0.29) is 18.4 Å². The number of aromatic nitrogens is 4. The minimum Gasteiger partial charge on any atom is -0.394 e. The van der Waals surface area contributed by atoms with Crippen LogP contribution < -0.4 is 0 Å². The number of methoxy groups -OCH3 is 2. The molecule has 0 radical (unpaired) electrons. The number of nitrogens with zero attached hydrogens (tertiary/aromatic N) is 4. The summed E-state index contributed by atoms with van der Waals surface area (Å²) in [5.41, 5.74) is 9.65. The van der Waals surface area contributed by atoms with Gasteiger partial charge in [0.15, 0.2) is 12.5 Å². The predicted molar refractivity (Wildman–Crippen MR) is 277 cm³/mol. The van der Waals surface area contributed by atoms with E-state index < -0.39 is 67.9 Å². The van der Waals surface area contributed by atoms with Gasteiger partial charge in [-0.3, -0.25) is 9.59 Å². The zero-order valence-electron chi connectivity index (χ0n) is 40.8. The summed E-state index contributed by atoms with van der Waals surface area (Å²) in [5.74, 6) is -0.0935. The molecular formula is C56H54N6O12. The standard InChI is InChI=1S/2C28H27N3O6/c1-30-11-15-19-14-8-4-6-10-17(14)31(28-25(34)24(33)26(36-2)18(12-32)37-28)23(19)22-20(21(15)27(30)35)13-7-3-5-9-16(13)29-22;1-30-11-15-19-13-7-3-5-9-16(13)29-22(19)23-20(21(15)27(30)35)14-8-4-6-10-17(14)31(23)28-25(34)24(33)26(36-2)18(12-32)37-28/h2*3-10,18,24-26,28-29,32-34H,11-12H2,1-2H3/t2*18-,24-,25-,26-,28-/m11/s1. The Kier molecular flexibility index (Phi) is 11.0. The number of H-pyrrole nitrogens is 2. The van der Waals surface area contributed by atoms with Crippen LogP contribution in [0.5, 0.6) is 0 Å². The highest BCUT2D eigenvalue weighted by Crippen LogP contribution is 2.49. The van der Waals surface area contributed by atoms with Gasteiger partial charge in [0.2, 0.25) is 0 Å². The van der Waals surface area contributed by atoms with Crippen LogP contribution in [0, 0.1) is 0 Å². The van der Waals surface area contributed by atoms with E-state index in [1.807, 2.05) is 106 Å². The van der Waals surface area contributed by atoms with E-state index in [0.29, 0.717) is 29.7 Å². The van der Waals surface area contributed by atoms with E-state index in [2.05, 4.69) is 9.97 Å². The van der Waals surface area contributed by atoms with Gasteiger partial charge in [-0.1, -0.05) is 72.8 Å². The van der Waals surface area contributed by atoms with Gasteiger partial charge in [-0.2, -0.15) is 0 Å². The monoisotopic (exact) mass is 1000 g/mol. The van der Waals surface area contributed by atoms with E-state index in [0.717, 1.165) is 92.8 Å². The Bertz CT molecular complexity index is 3950. The number of benzene rings is 6. The summed E-state index contributed by atoms with van der Waals surface area (Å²) in [5, 5.41) is 71.8. The summed E-state index contributed by atoms with van der Waals surface area (Å²) in [4.78, 5) is 37.6. The lowest BCUT2D eigenvalue weighted by Gasteiger charge is -2.42. The van der Waals surface area contributed by atoms with Crippen molar-refractivity contribution >= 4 is 99.0 Å². The van der Waals surface area contributed by atoms with Crippen molar-refractivity contribution in [2.24, 2.45) is 0 Å². The lowest BCUT2D eigenvalue weighted by atomic mass is 9.96. The van der Waals surface area contributed by atoms with Crippen molar-refractivity contribution in [3.8, 4) is 0 Å². The molecule has 0 bridgehead atoms. The summed E-state index contributed by atoms with van der Waals surface area (Å²) in [7, 11) is 6.43. The SMILES string of the molecule is CO[C@H]1[C@H](O)[C@@H](O)[C@H](n2c3ccccc3c3c4c(c5c6ccccc6[nH]c5c32)C(=O)N(C)C4)O[C@@H]1CO.CO[C@H]1[C@H](O)[C@@H](O)[C@H](n2c3ccccc3c3c4c(c5c6ccccc6[nH]c5c32)CN(C)C4=O)O[C@@H]1CO. The van der Waals surface area contributed by atoms with Gasteiger partial charge in [-0.25, -0.2) is 0 Å². The molecule has 4 aliphatic heterocycles. The quantitative estimate of drug-likeness (QED) is 0.106. The summed E-state index contributed by atoms with van der Waals surface area (Å²) in [6.45, 7) is 0.171. The van der Waals surface area contributed by atoms with Gasteiger partial charge in [0.05, 0.1) is 57.4 Å². The van der Waals surface area contributed by atoms with Crippen LogP contribution in [-0.2, 0) is 32.0 Å². The number of hydrogen-bond acceptors (Lipinski definition) is 12. The molecule has 4 aliphatic rings. The highest BCUT2D eigenvalue weighted by atomic mass is 16.6. The van der Waals surface area contributed by atoms with Crippen molar-refractivity contribution in [1.82, 2.24) is 28.9 Å². The molecule has 10 atom stereocenters. The number of amides is 2. The van der Waals surface area contributed by atoms with Crippen LogP contribution in [0.4, 0.5) is 0 Å². The van der Waals surface area contributed by atoms with Gasteiger partial charge in [0, 0.05) is 95.5 Å². The van der Waals surface area contributed by atoms with E-state index in [1.165, 1.54) is 14.2 Å². The fourth-order valence-electron chi connectivity index (χ4n) is 12.8. The molecule has 380 valence electrons. The third-order valence-electron chi connectivity index (χ3n) is 16.1. The zero-order chi connectivity index (χ0) is 51.2. The number of nitrogens with one attached hydrogen (secondary N) is 2. The van der Waals surface area contributed by atoms with Crippen LogP contribution in [0.2, 0.25) is 0 Å². The van der Waals surface area contributed by atoms with Crippen molar-refractivity contribution < 1.29 is 59.2 Å². The smallest absolute Gasteiger partial charge is 0.254 e. The Balaban J connectivity index is 0.000000143. The first-order valence-electron chi connectivity index (χ1n) is 24.7. The van der Waals surface area contributed by atoms with Crippen molar-refractivity contribution in [1.29, 1.82) is 0 Å². The van der Waals surface area contributed by atoms with E-state index in [9.17, 15) is 40.2 Å². The first kappa shape index (κ1) is 46.8. The number of hydrogen-bond donors (Lipinski definition) is 8. The second kappa shape index (κ2) is 17.3. The summed E-state index contributed by atoms with van der Waals surface area (Å²) >= 11 is 0. The van der Waals surface area contributed by atoms with Gasteiger partial charge in [-0.05, 0) is 35.4 Å². The summed E-state index contributed by atoms with van der Waals surface area (Å²) in [6, 6.07) is 31.3. The molecule has 8 heterocycles. The molecule has 18 heteroatoms.